The highest BCUT2D eigenvalue weighted by Gasteiger charge is 2.36. The fraction of sp³-hybridized carbons (Fsp3) is 0.500. The molecule has 1 aliphatic carbocycles. The first-order chi connectivity index (χ1) is 8.04. The maximum Gasteiger partial charge on any atom is 0.241 e. The predicted molar refractivity (Wildman–Crippen MR) is 67.1 cm³/mol. The number of hydrogen-bond acceptors (Lipinski definition) is 3. The van der Waals surface area contributed by atoms with E-state index in [2.05, 4.69) is 10.0 Å². The van der Waals surface area contributed by atoms with Crippen molar-refractivity contribution >= 4 is 10.0 Å². The van der Waals surface area contributed by atoms with Crippen molar-refractivity contribution in [1.82, 2.24) is 10.0 Å². The van der Waals surface area contributed by atoms with Gasteiger partial charge in [-0.1, -0.05) is 25.1 Å². The first-order valence-electron chi connectivity index (χ1n) is 5.79. The molecule has 17 heavy (non-hydrogen) atoms. The van der Waals surface area contributed by atoms with Crippen LogP contribution in [0.4, 0.5) is 0 Å². The van der Waals surface area contributed by atoms with Crippen LogP contribution in [0.3, 0.4) is 0 Å². The monoisotopic (exact) mass is 254 g/mol. The third-order valence-electron chi connectivity index (χ3n) is 3.05. The Morgan fingerprint density at radius 2 is 2.00 bits per heavy atom. The van der Waals surface area contributed by atoms with Crippen LogP contribution >= 0.6 is 0 Å². The van der Waals surface area contributed by atoms with Gasteiger partial charge in [-0.2, -0.15) is 0 Å². The summed E-state index contributed by atoms with van der Waals surface area (Å²) < 4.78 is 27.1. The summed E-state index contributed by atoms with van der Waals surface area (Å²) in [5.74, 6) is 0.459. The summed E-state index contributed by atoms with van der Waals surface area (Å²) >= 11 is 0. The Morgan fingerprint density at radius 3 is 2.59 bits per heavy atom. The summed E-state index contributed by atoms with van der Waals surface area (Å²) in [6, 6.07) is 7.21. The molecule has 1 aliphatic rings. The van der Waals surface area contributed by atoms with Crippen molar-refractivity contribution in [2.75, 3.05) is 7.05 Å². The first kappa shape index (κ1) is 12.5. The third kappa shape index (κ3) is 2.86. The molecule has 2 N–H and O–H groups in total. The van der Waals surface area contributed by atoms with Crippen molar-refractivity contribution in [2.24, 2.45) is 5.92 Å². The molecule has 4 nitrogen and oxygen atoms in total. The maximum absolute atomic E-state index is 12.2. The van der Waals surface area contributed by atoms with Crippen molar-refractivity contribution in [3.63, 3.8) is 0 Å². The van der Waals surface area contributed by atoms with Gasteiger partial charge in [0.15, 0.2) is 0 Å². The number of rotatable bonds is 5. The fourth-order valence-corrected chi connectivity index (χ4v) is 3.45. The van der Waals surface area contributed by atoms with Gasteiger partial charge in [-0.25, -0.2) is 13.1 Å². The Balaban J connectivity index is 2.25. The number of benzene rings is 1. The van der Waals surface area contributed by atoms with Gasteiger partial charge in [0.1, 0.15) is 0 Å². The summed E-state index contributed by atoms with van der Waals surface area (Å²) in [4.78, 5) is 0.383. The molecule has 0 spiro atoms. The van der Waals surface area contributed by atoms with Crippen molar-refractivity contribution in [3.8, 4) is 0 Å². The van der Waals surface area contributed by atoms with Crippen LogP contribution in [0.25, 0.3) is 0 Å². The van der Waals surface area contributed by atoms with Crippen molar-refractivity contribution < 1.29 is 8.42 Å². The van der Waals surface area contributed by atoms with E-state index in [1.807, 2.05) is 19.1 Å². The molecule has 94 valence electrons. The smallest absolute Gasteiger partial charge is 0.241 e. The molecule has 0 saturated heterocycles. The van der Waals surface area contributed by atoms with Crippen LogP contribution in [0.5, 0.6) is 0 Å². The van der Waals surface area contributed by atoms with Gasteiger partial charge in [0.05, 0.1) is 4.90 Å². The Kier molecular flexibility index (Phi) is 3.51. The van der Waals surface area contributed by atoms with Crippen LogP contribution in [-0.4, -0.2) is 21.5 Å². The standard InChI is InChI=1S/C12H18N2O2S/c1-9-7-11(9)14-17(15,16)12-6-4-3-5-10(12)8-13-2/h3-6,9,11,13-14H,7-8H2,1-2H3. The molecule has 2 unspecified atom stereocenters. The molecule has 1 saturated carbocycles. The van der Waals surface area contributed by atoms with Crippen molar-refractivity contribution in [3.05, 3.63) is 29.8 Å². The highest BCUT2D eigenvalue weighted by Crippen LogP contribution is 2.31. The van der Waals surface area contributed by atoms with E-state index in [-0.39, 0.29) is 6.04 Å². The summed E-state index contributed by atoms with van der Waals surface area (Å²) in [7, 11) is -1.57. The third-order valence-corrected chi connectivity index (χ3v) is 4.64. The minimum Gasteiger partial charge on any atom is -0.316 e. The second-order valence-corrected chi connectivity index (χ2v) is 6.26. The van der Waals surface area contributed by atoms with Gasteiger partial charge in [0, 0.05) is 12.6 Å². The van der Waals surface area contributed by atoms with Crippen LogP contribution < -0.4 is 10.0 Å². The van der Waals surface area contributed by atoms with Gasteiger partial charge < -0.3 is 5.32 Å². The highest BCUT2D eigenvalue weighted by molar-refractivity contribution is 7.89. The van der Waals surface area contributed by atoms with Gasteiger partial charge >= 0.3 is 0 Å². The van der Waals surface area contributed by atoms with Crippen molar-refractivity contribution in [1.29, 1.82) is 0 Å². The average Bonchev–Trinajstić information content (AvgIpc) is 2.94. The van der Waals surface area contributed by atoms with Crippen molar-refractivity contribution in [2.45, 2.75) is 30.8 Å². The van der Waals surface area contributed by atoms with Crippen LogP contribution in [0.2, 0.25) is 0 Å². The summed E-state index contributed by atoms with van der Waals surface area (Å²) in [5, 5.41) is 2.98. The van der Waals surface area contributed by atoms with E-state index in [1.54, 1.807) is 19.2 Å². The molecular formula is C12H18N2O2S. The predicted octanol–water partition coefficient (Wildman–Crippen LogP) is 1.09. The minimum absolute atomic E-state index is 0.114. The van der Waals surface area contributed by atoms with Gasteiger partial charge in [-0.3, -0.25) is 0 Å². The zero-order valence-electron chi connectivity index (χ0n) is 10.1. The number of hydrogen-bond donors (Lipinski definition) is 2. The molecule has 0 aliphatic heterocycles. The molecule has 1 aromatic rings. The minimum atomic E-state index is -3.37. The van der Waals surface area contributed by atoms with Gasteiger partial charge in [-0.05, 0) is 31.0 Å². The highest BCUT2D eigenvalue weighted by atomic mass is 32.2. The zero-order valence-corrected chi connectivity index (χ0v) is 10.9. The molecule has 0 bridgehead atoms. The maximum atomic E-state index is 12.2. The largest absolute Gasteiger partial charge is 0.316 e. The Morgan fingerprint density at radius 1 is 1.35 bits per heavy atom. The number of nitrogens with one attached hydrogen (secondary N) is 2. The van der Waals surface area contributed by atoms with Gasteiger partial charge in [0.2, 0.25) is 10.0 Å². The molecular weight excluding hydrogens is 236 g/mol. The lowest BCUT2D eigenvalue weighted by atomic mass is 10.2. The lowest BCUT2D eigenvalue weighted by Gasteiger charge is -2.10. The SMILES string of the molecule is CNCc1ccccc1S(=O)(=O)NC1CC1C. The van der Waals surface area contributed by atoms with Crippen LogP contribution in [0.1, 0.15) is 18.9 Å². The van der Waals surface area contributed by atoms with Gasteiger partial charge in [0.25, 0.3) is 0 Å². The topological polar surface area (TPSA) is 58.2 Å². The van der Waals surface area contributed by atoms with Crippen LogP contribution in [0.15, 0.2) is 29.2 Å². The summed E-state index contributed by atoms with van der Waals surface area (Å²) in [5.41, 5.74) is 0.802. The molecule has 2 atom stereocenters. The van der Waals surface area contributed by atoms with Crippen LogP contribution in [-0.2, 0) is 16.6 Å². The Bertz CT molecular complexity index is 499. The van der Waals surface area contributed by atoms with E-state index in [9.17, 15) is 8.42 Å². The molecule has 1 aromatic carbocycles. The van der Waals surface area contributed by atoms with E-state index in [4.69, 9.17) is 0 Å². The van der Waals surface area contributed by atoms with E-state index < -0.39 is 10.0 Å². The van der Waals surface area contributed by atoms with Gasteiger partial charge in [-0.15, -0.1) is 0 Å². The van der Waals surface area contributed by atoms with E-state index in [0.717, 1.165) is 12.0 Å². The normalized spacial score (nSPS) is 23.6. The van der Waals surface area contributed by atoms with E-state index >= 15 is 0 Å². The summed E-state index contributed by atoms with van der Waals surface area (Å²) in [6.45, 7) is 2.60. The van der Waals surface area contributed by atoms with Crippen LogP contribution in [0, 0.1) is 5.92 Å². The molecule has 1 fully saturated rings. The molecule has 0 radical (unpaired) electrons. The zero-order chi connectivity index (χ0) is 12.5. The second-order valence-electron chi connectivity index (χ2n) is 4.58. The molecule has 0 amide bonds. The lowest BCUT2D eigenvalue weighted by Crippen LogP contribution is -2.28. The fourth-order valence-electron chi connectivity index (χ4n) is 1.85. The van der Waals surface area contributed by atoms with E-state index in [1.165, 1.54) is 0 Å². The number of sulfonamides is 1. The molecule has 2 rings (SSSR count). The lowest BCUT2D eigenvalue weighted by molar-refractivity contribution is 0.576. The molecule has 0 heterocycles. The van der Waals surface area contributed by atoms with E-state index in [0.29, 0.717) is 17.4 Å². The molecule has 0 aromatic heterocycles. The average molecular weight is 254 g/mol. The second kappa shape index (κ2) is 4.76. The molecule has 5 heteroatoms. The Hall–Kier alpha value is -0.910. The first-order valence-corrected chi connectivity index (χ1v) is 7.28. The Labute approximate surface area is 102 Å². The quantitative estimate of drug-likeness (QED) is 0.827. The summed E-state index contributed by atoms with van der Waals surface area (Å²) in [6.07, 6.45) is 0.938.